The second-order valence-corrected chi connectivity index (χ2v) is 8.51. The molecule has 3 heterocycles. The Morgan fingerprint density at radius 2 is 1.94 bits per heavy atom. The minimum Gasteiger partial charge on any atom is -0.443 e. The Morgan fingerprint density at radius 3 is 2.65 bits per heavy atom. The van der Waals surface area contributed by atoms with Crippen molar-refractivity contribution in [3.8, 4) is 0 Å². The van der Waals surface area contributed by atoms with Gasteiger partial charge in [-0.1, -0.05) is 0 Å². The molecule has 0 radical (unpaired) electrons. The number of piperazine rings is 1. The summed E-state index contributed by atoms with van der Waals surface area (Å²) in [5, 5.41) is 2.25. The van der Waals surface area contributed by atoms with Crippen molar-refractivity contribution in [2.45, 2.75) is 6.10 Å². The van der Waals surface area contributed by atoms with Crippen molar-refractivity contribution < 1.29 is 13.9 Å². The molecule has 1 aromatic carbocycles. The van der Waals surface area contributed by atoms with Gasteiger partial charge in [0.2, 0.25) is 0 Å². The van der Waals surface area contributed by atoms with Crippen molar-refractivity contribution in [1.82, 2.24) is 20.2 Å². The number of hydrogen-bond donors (Lipinski definition) is 2. The minimum absolute atomic E-state index is 0.259. The molecular weight excluding hydrogens is 401 g/mol. The monoisotopic (exact) mass is 435 g/mol. The maximum Gasteiger partial charge on any atom is 0.414 e. The van der Waals surface area contributed by atoms with E-state index in [0.717, 1.165) is 65.4 Å². The van der Waals surface area contributed by atoms with E-state index in [1.165, 1.54) is 11.0 Å². The van der Waals surface area contributed by atoms with Gasteiger partial charge in [0.25, 0.3) is 0 Å². The first-order chi connectivity index (χ1) is 15.0. The zero-order valence-electron chi connectivity index (χ0n) is 18.3. The molecule has 3 saturated heterocycles. The summed E-state index contributed by atoms with van der Waals surface area (Å²) >= 11 is 0. The van der Waals surface area contributed by atoms with Crippen molar-refractivity contribution in [3.63, 3.8) is 0 Å². The van der Waals surface area contributed by atoms with Crippen LogP contribution in [0.15, 0.2) is 18.2 Å². The van der Waals surface area contributed by atoms with Gasteiger partial charge in [0.1, 0.15) is 11.9 Å². The summed E-state index contributed by atoms with van der Waals surface area (Å²) < 4.78 is 20.1. The molecule has 1 amide bonds. The number of hydrazine groups is 1. The minimum atomic E-state index is -0.474. The molecule has 0 aromatic heterocycles. The number of benzene rings is 1. The van der Waals surface area contributed by atoms with E-state index in [0.29, 0.717) is 17.9 Å². The van der Waals surface area contributed by atoms with Gasteiger partial charge in [0.15, 0.2) is 0 Å². The number of likely N-dealkylation sites (N-methyl/N-ethyl adjacent to an activating group) is 1. The molecule has 0 bridgehead atoms. The van der Waals surface area contributed by atoms with Gasteiger partial charge in [-0.25, -0.2) is 14.2 Å². The lowest BCUT2D eigenvalue weighted by molar-refractivity contribution is 0.121. The Bertz CT molecular complexity index is 759. The molecule has 0 aliphatic carbocycles. The number of carbonyl (C=O) groups is 1. The van der Waals surface area contributed by atoms with Crippen LogP contribution in [0.5, 0.6) is 0 Å². The third kappa shape index (κ3) is 5.45. The molecule has 0 unspecified atom stereocenters. The van der Waals surface area contributed by atoms with Crippen LogP contribution in [0.25, 0.3) is 0 Å². The number of anilines is 2. The number of nitrogens with zero attached hydrogens (tertiary/aromatic N) is 5. The van der Waals surface area contributed by atoms with Crippen molar-refractivity contribution in [2.75, 3.05) is 95.4 Å². The number of rotatable bonds is 6. The highest BCUT2D eigenvalue weighted by molar-refractivity contribution is 5.90. The van der Waals surface area contributed by atoms with Crippen molar-refractivity contribution in [3.05, 3.63) is 24.0 Å². The van der Waals surface area contributed by atoms with Gasteiger partial charge >= 0.3 is 6.09 Å². The predicted octanol–water partition coefficient (Wildman–Crippen LogP) is -0.0164. The number of cyclic esters (lactones) is 1. The van der Waals surface area contributed by atoms with E-state index >= 15 is 0 Å². The van der Waals surface area contributed by atoms with Crippen LogP contribution in [0.3, 0.4) is 0 Å². The first-order valence-corrected chi connectivity index (χ1v) is 11.2. The van der Waals surface area contributed by atoms with Crippen molar-refractivity contribution >= 4 is 17.5 Å². The number of nitrogens with two attached hydrogens (primary N) is 1. The first-order valence-electron chi connectivity index (χ1n) is 11.2. The third-order valence-corrected chi connectivity index (χ3v) is 6.36. The second-order valence-electron chi connectivity index (χ2n) is 8.51. The second kappa shape index (κ2) is 10.1. The van der Waals surface area contributed by atoms with Gasteiger partial charge in [0, 0.05) is 72.0 Å². The van der Waals surface area contributed by atoms with Crippen LogP contribution < -0.4 is 21.0 Å². The molecule has 0 spiro atoms. The van der Waals surface area contributed by atoms with Gasteiger partial charge in [0.05, 0.1) is 17.9 Å². The van der Waals surface area contributed by atoms with Gasteiger partial charge in [-0.2, -0.15) is 0 Å². The first kappa shape index (κ1) is 22.2. The van der Waals surface area contributed by atoms with E-state index < -0.39 is 6.09 Å². The highest BCUT2D eigenvalue weighted by Crippen LogP contribution is 2.28. The molecule has 3 aliphatic rings. The van der Waals surface area contributed by atoms with Crippen LogP contribution in [0.2, 0.25) is 0 Å². The molecule has 3 fully saturated rings. The van der Waals surface area contributed by atoms with Gasteiger partial charge in [-0.3, -0.25) is 15.2 Å². The Kier molecular flexibility index (Phi) is 7.24. The van der Waals surface area contributed by atoms with E-state index in [1.807, 2.05) is 0 Å². The van der Waals surface area contributed by atoms with Crippen LogP contribution in [0, 0.1) is 5.82 Å². The third-order valence-electron chi connectivity index (χ3n) is 6.36. The Balaban J connectivity index is 1.31. The zero-order chi connectivity index (χ0) is 21.8. The molecule has 4 rings (SSSR count). The van der Waals surface area contributed by atoms with Gasteiger partial charge in [-0.05, 0) is 25.2 Å². The number of carbonyl (C=O) groups excluding carboxylic acids is 1. The van der Waals surface area contributed by atoms with Crippen molar-refractivity contribution in [1.29, 1.82) is 0 Å². The lowest BCUT2D eigenvalue weighted by Gasteiger charge is -2.33. The number of halogens is 1. The summed E-state index contributed by atoms with van der Waals surface area (Å²) in [6.07, 6.45) is -0.818. The fourth-order valence-electron chi connectivity index (χ4n) is 4.32. The maximum absolute atomic E-state index is 15.0. The lowest BCUT2D eigenvalue weighted by Crippen LogP contribution is -2.49. The lowest BCUT2D eigenvalue weighted by atomic mass is 10.2. The SMILES string of the molecule is CN1CCN(CCN2CCN(c3ccc(N4C[C@H](CN)OC4=O)cc3F)CCN2)CC1. The quantitative estimate of drug-likeness (QED) is 0.646. The Labute approximate surface area is 183 Å². The van der Waals surface area contributed by atoms with E-state index in [4.69, 9.17) is 10.5 Å². The largest absolute Gasteiger partial charge is 0.443 e. The topological polar surface area (TPSA) is 80.6 Å². The molecule has 10 heteroatoms. The van der Waals surface area contributed by atoms with Crippen LogP contribution in [0.1, 0.15) is 0 Å². The maximum atomic E-state index is 15.0. The highest BCUT2D eigenvalue weighted by Gasteiger charge is 2.32. The molecule has 1 atom stereocenters. The fourth-order valence-corrected chi connectivity index (χ4v) is 4.32. The van der Waals surface area contributed by atoms with Crippen LogP contribution in [0.4, 0.5) is 20.6 Å². The molecule has 31 heavy (non-hydrogen) atoms. The van der Waals surface area contributed by atoms with E-state index in [-0.39, 0.29) is 18.5 Å². The number of amides is 1. The van der Waals surface area contributed by atoms with Crippen molar-refractivity contribution in [2.24, 2.45) is 5.73 Å². The number of nitrogens with one attached hydrogen (secondary N) is 1. The smallest absolute Gasteiger partial charge is 0.414 e. The summed E-state index contributed by atoms with van der Waals surface area (Å²) in [4.78, 5) is 20.4. The average Bonchev–Trinajstić information content (AvgIpc) is 2.99. The van der Waals surface area contributed by atoms with Crippen LogP contribution >= 0.6 is 0 Å². The highest BCUT2D eigenvalue weighted by atomic mass is 19.1. The summed E-state index contributed by atoms with van der Waals surface area (Å²) in [7, 11) is 2.17. The fraction of sp³-hybridized carbons (Fsp3) is 0.667. The zero-order valence-corrected chi connectivity index (χ0v) is 18.3. The molecule has 9 nitrogen and oxygen atoms in total. The molecule has 0 saturated carbocycles. The van der Waals surface area contributed by atoms with Crippen LogP contribution in [-0.4, -0.2) is 113 Å². The molecule has 1 aromatic rings. The van der Waals surface area contributed by atoms with Crippen LogP contribution in [-0.2, 0) is 4.74 Å². The molecule has 172 valence electrons. The number of hydrogen-bond acceptors (Lipinski definition) is 8. The average molecular weight is 436 g/mol. The van der Waals surface area contributed by atoms with E-state index in [1.54, 1.807) is 12.1 Å². The standard InChI is InChI=1S/C21H34FN7O2/c1-25-6-8-26(9-7-25)10-12-28-13-11-27(5-4-24-28)20-3-2-17(14-19(20)22)29-16-18(15-23)31-21(29)30/h2-3,14,18,24H,4-13,15-16,23H2,1H3/t18-/m0/s1. The summed E-state index contributed by atoms with van der Waals surface area (Å²) in [6.45, 7) is 10.1. The Hall–Kier alpha value is -1.98. The van der Waals surface area contributed by atoms with Gasteiger partial charge < -0.3 is 20.3 Å². The molecule has 3 N–H and O–H groups in total. The number of ether oxygens (including phenoxy) is 1. The molecule has 3 aliphatic heterocycles. The van der Waals surface area contributed by atoms with E-state index in [2.05, 4.69) is 32.2 Å². The molecular formula is C21H34FN7O2. The summed E-state index contributed by atoms with van der Waals surface area (Å²) in [6, 6.07) is 4.95. The predicted molar refractivity (Wildman–Crippen MR) is 119 cm³/mol. The summed E-state index contributed by atoms with van der Waals surface area (Å²) in [5.74, 6) is -0.326. The van der Waals surface area contributed by atoms with E-state index in [9.17, 15) is 9.18 Å². The normalized spacial score (nSPS) is 24.5. The van der Waals surface area contributed by atoms with Gasteiger partial charge in [-0.15, -0.1) is 0 Å². The summed E-state index contributed by atoms with van der Waals surface area (Å²) in [5.41, 5.74) is 10.1. The Morgan fingerprint density at radius 1 is 1.13 bits per heavy atom.